The van der Waals surface area contributed by atoms with E-state index in [0.29, 0.717) is 23.3 Å². The lowest BCUT2D eigenvalue weighted by Gasteiger charge is -2.20. The number of hydrogen-bond acceptors (Lipinski definition) is 4. The Kier molecular flexibility index (Phi) is 4.61. The molecule has 0 aliphatic carbocycles. The minimum Gasteiger partial charge on any atom is -0.490 e. The fourth-order valence-electron chi connectivity index (χ4n) is 1.78. The predicted octanol–water partition coefficient (Wildman–Crippen LogP) is 3.54. The van der Waals surface area contributed by atoms with Crippen LogP contribution in [0.15, 0.2) is 35.1 Å². The molecule has 0 saturated heterocycles. The highest BCUT2D eigenvalue weighted by Crippen LogP contribution is 2.31. The van der Waals surface area contributed by atoms with Crippen LogP contribution >= 0.6 is 27.5 Å². The van der Waals surface area contributed by atoms with Gasteiger partial charge in [0.15, 0.2) is 16.7 Å². The lowest BCUT2D eigenvalue weighted by atomic mass is 10.2. The summed E-state index contributed by atoms with van der Waals surface area (Å²) in [6, 6.07) is 8.10. The quantitative estimate of drug-likeness (QED) is 0.797. The van der Waals surface area contributed by atoms with Crippen LogP contribution in [0.3, 0.4) is 0 Å². The molecule has 6 heteroatoms. The van der Waals surface area contributed by atoms with Crippen molar-refractivity contribution in [1.82, 2.24) is 9.97 Å². The van der Waals surface area contributed by atoms with E-state index in [1.165, 1.54) is 6.33 Å². The van der Waals surface area contributed by atoms with E-state index in [2.05, 4.69) is 38.0 Å². The van der Waals surface area contributed by atoms with Crippen LogP contribution in [-0.2, 0) is 6.54 Å². The van der Waals surface area contributed by atoms with Gasteiger partial charge in [-0.3, -0.25) is 0 Å². The summed E-state index contributed by atoms with van der Waals surface area (Å²) in [4.78, 5) is 10.1. The molecule has 0 amide bonds. The first-order chi connectivity index (χ1) is 9.11. The average molecular weight is 343 g/mol. The Morgan fingerprint density at radius 3 is 2.84 bits per heavy atom. The Hall–Kier alpha value is -1.33. The fraction of sp³-hybridized carbons (Fsp3) is 0.231. The number of halogens is 2. The molecule has 0 radical (unpaired) electrons. The highest BCUT2D eigenvalue weighted by atomic mass is 79.9. The van der Waals surface area contributed by atoms with E-state index < -0.39 is 0 Å². The summed E-state index contributed by atoms with van der Waals surface area (Å²) >= 11 is 9.45. The van der Waals surface area contributed by atoms with Crippen LogP contribution < -0.4 is 9.64 Å². The van der Waals surface area contributed by atoms with Crippen molar-refractivity contribution in [2.24, 2.45) is 0 Å². The zero-order valence-corrected chi connectivity index (χ0v) is 12.9. The van der Waals surface area contributed by atoms with E-state index >= 15 is 0 Å². The third-order valence-corrected chi connectivity index (χ3v) is 3.38. The summed E-state index contributed by atoms with van der Waals surface area (Å²) in [6.07, 6.45) is 1.43. The molecule has 1 aromatic carbocycles. The zero-order valence-electron chi connectivity index (χ0n) is 10.6. The molecule has 100 valence electrons. The summed E-state index contributed by atoms with van der Waals surface area (Å²) in [7, 11) is 3.49. The number of methoxy groups -OCH3 is 1. The van der Waals surface area contributed by atoms with Gasteiger partial charge in [-0.25, -0.2) is 9.97 Å². The van der Waals surface area contributed by atoms with Gasteiger partial charge in [0.2, 0.25) is 0 Å². The molecule has 2 aromatic rings. The molecule has 0 aliphatic heterocycles. The highest BCUT2D eigenvalue weighted by Gasteiger charge is 2.14. The lowest BCUT2D eigenvalue weighted by Crippen LogP contribution is -2.18. The molecule has 19 heavy (non-hydrogen) atoms. The molecule has 0 spiro atoms. The van der Waals surface area contributed by atoms with E-state index in [4.69, 9.17) is 16.3 Å². The van der Waals surface area contributed by atoms with Gasteiger partial charge in [-0.2, -0.15) is 0 Å². The second kappa shape index (κ2) is 6.21. The molecule has 0 unspecified atom stereocenters. The Morgan fingerprint density at radius 1 is 1.37 bits per heavy atom. The van der Waals surface area contributed by atoms with E-state index in [1.807, 2.05) is 24.1 Å². The lowest BCUT2D eigenvalue weighted by molar-refractivity contribution is 0.411. The Morgan fingerprint density at radius 2 is 2.16 bits per heavy atom. The summed E-state index contributed by atoms with van der Waals surface area (Å²) in [5, 5.41) is 0.314. The van der Waals surface area contributed by atoms with Crippen molar-refractivity contribution in [2.75, 3.05) is 19.1 Å². The monoisotopic (exact) mass is 341 g/mol. The normalized spacial score (nSPS) is 10.3. The summed E-state index contributed by atoms with van der Waals surface area (Å²) in [5.74, 6) is 1.16. The first-order valence-corrected chi connectivity index (χ1v) is 6.79. The van der Waals surface area contributed by atoms with Crippen LogP contribution in [0.5, 0.6) is 5.75 Å². The highest BCUT2D eigenvalue weighted by molar-refractivity contribution is 9.10. The van der Waals surface area contributed by atoms with Gasteiger partial charge in [0.1, 0.15) is 6.33 Å². The standard InChI is InChI=1S/C13H13BrClN3O/c1-18(7-9-4-3-5-10(14)6-9)13-11(19-2)12(15)16-8-17-13/h3-6,8H,7H2,1-2H3. The van der Waals surface area contributed by atoms with Gasteiger partial charge in [-0.05, 0) is 17.7 Å². The molecule has 0 fully saturated rings. The maximum atomic E-state index is 5.99. The van der Waals surface area contributed by atoms with Crippen molar-refractivity contribution in [3.05, 3.63) is 45.8 Å². The molecule has 0 N–H and O–H groups in total. The Bertz CT molecular complexity index is 580. The van der Waals surface area contributed by atoms with Crippen molar-refractivity contribution in [3.8, 4) is 5.75 Å². The van der Waals surface area contributed by atoms with Gasteiger partial charge < -0.3 is 9.64 Å². The molecular formula is C13H13BrClN3O. The minimum absolute atomic E-state index is 0.314. The van der Waals surface area contributed by atoms with Crippen LogP contribution in [0.2, 0.25) is 5.15 Å². The van der Waals surface area contributed by atoms with Gasteiger partial charge in [0.05, 0.1) is 7.11 Å². The summed E-state index contributed by atoms with van der Waals surface area (Å²) in [5.41, 5.74) is 1.16. The number of benzene rings is 1. The van der Waals surface area contributed by atoms with Crippen LogP contribution in [0.1, 0.15) is 5.56 Å². The third kappa shape index (κ3) is 3.36. The molecule has 0 bridgehead atoms. The van der Waals surface area contributed by atoms with Crippen LogP contribution in [0, 0.1) is 0 Å². The number of aromatic nitrogens is 2. The first-order valence-electron chi connectivity index (χ1n) is 5.62. The van der Waals surface area contributed by atoms with Gasteiger partial charge in [0, 0.05) is 18.1 Å². The Balaban J connectivity index is 2.25. The zero-order chi connectivity index (χ0) is 13.8. The first kappa shape index (κ1) is 14.1. The maximum absolute atomic E-state index is 5.99. The van der Waals surface area contributed by atoms with Crippen LogP contribution in [-0.4, -0.2) is 24.1 Å². The van der Waals surface area contributed by atoms with Crippen molar-refractivity contribution in [2.45, 2.75) is 6.54 Å². The number of nitrogens with zero attached hydrogens (tertiary/aromatic N) is 3. The molecule has 4 nitrogen and oxygen atoms in total. The SMILES string of the molecule is COc1c(Cl)ncnc1N(C)Cc1cccc(Br)c1. The van der Waals surface area contributed by atoms with Gasteiger partial charge >= 0.3 is 0 Å². The number of rotatable bonds is 4. The van der Waals surface area contributed by atoms with Crippen molar-refractivity contribution < 1.29 is 4.74 Å². The van der Waals surface area contributed by atoms with E-state index in [1.54, 1.807) is 7.11 Å². The molecule has 0 aliphatic rings. The van der Waals surface area contributed by atoms with Crippen molar-refractivity contribution >= 4 is 33.3 Å². The minimum atomic E-state index is 0.314. The molecule has 1 heterocycles. The second-order valence-corrected chi connectivity index (χ2v) is 5.28. The van der Waals surface area contributed by atoms with Crippen LogP contribution in [0.25, 0.3) is 0 Å². The summed E-state index contributed by atoms with van der Waals surface area (Å²) < 4.78 is 6.30. The van der Waals surface area contributed by atoms with Crippen molar-refractivity contribution in [1.29, 1.82) is 0 Å². The average Bonchev–Trinajstić information content (AvgIpc) is 2.38. The molecule has 0 saturated carbocycles. The topological polar surface area (TPSA) is 38.3 Å². The van der Waals surface area contributed by atoms with Crippen LogP contribution in [0.4, 0.5) is 5.82 Å². The summed E-state index contributed by atoms with van der Waals surface area (Å²) in [6.45, 7) is 0.698. The van der Waals surface area contributed by atoms with Gasteiger partial charge in [-0.15, -0.1) is 0 Å². The number of hydrogen-bond donors (Lipinski definition) is 0. The Labute approximate surface area is 125 Å². The smallest absolute Gasteiger partial charge is 0.199 e. The predicted molar refractivity (Wildman–Crippen MR) is 79.8 cm³/mol. The van der Waals surface area contributed by atoms with E-state index in [9.17, 15) is 0 Å². The van der Waals surface area contributed by atoms with E-state index in [-0.39, 0.29) is 0 Å². The maximum Gasteiger partial charge on any atom is 0.199 e. The van der Waals surface area contributed by atoms with Crippen molar-refractivity contribution in [3.63, 3.8) is 0 Å². The molecule has 1 aromatic heterocycles. The molecular weight excluding hydrogens is 330 g/mol. The number of anilines is 1. The molecule has 0 atom stereocenters. The third-order valence-electron chi connectivity index (χ3n) is 2.62. The second-order valence-electron chi connectivity index (χ2n) is 4.01. The molecule has 2 rings (SSSR count). The van der Waals surface area contributed by atoms with Gasteiger partial charge in [0.25, 0.3) is 0 Å². The largest absolute Gasteiger partial charge is 0.490 e. The van der Waals surface area contributed by atoms with Gasteiger partial charge in [-0.1, -0.05) is 39.7 Å². The van der Waals surface area contributed by atoms with E-state index in [0.717, 1.165) is 10.0 Å². The fourth-order valence-corrected chi connectivity index (χ4v) is 2.43. The number of ether oxygens (including phenoxy) is 1.